The first-order valence-corrected chi connectivity index (χ1v) is 9.74. The van der Waals surface area contributed by atoms with Crippen molar-refractivity contribution in [1.29, 1.82) is 0 Å². The third kappa shape index (κ3) is 13.4. The third-order valence-electron chi connectivity index (χ3n) is 2.38. The summed E-state index contributed by atoms with van der Waals surface area (Å²) in [5, 5.41) is 2.47. The van der Waals surface area contributed by atoms with Crippen molar-refractivity contribution < 1.29 is 23.8 Å². The summed E-state index contributed by atoms with van der Waals surface area (Å²) in [6, 6.07) is 1.23. The fourth-order valence-corrected chi connectivity index (χ4v) is 2.15. The molecule has 0 bridgehead atoms. The minimum Gasteiger partial charge on any atom is -0.460 e. The monoisotopic (exact) mass is 316 g/mol. The van der Waals surface area contributed by atoms with E-state index < -0.39 is 12.1 Å². The largest absolute Gasteiger partial charge is 0.460 e. The molecule has 0 saturated carbocycles. The minimum atomic E-state index is -0.544. The zero-order chi connectivity index (χ0) is 16.1. The predicted molar refractivity (Wildman–Crippen MR) is 82.8 cm³/mol. The summed E-state index contributed by atoms with van der Waals surface area (Å²) in [6.07, 6.45) is 0.513. The van der Waals surface area contributed by atoms with E-state index in [1.807, 2.05) is 0 Å². The summed E-state index contributed by atoms with van der Waals surface area (Å²) in [6.45, 7) is 11.2. The van der Waals surface area contributed by atoms with E-state index in [0.29, 0.717) is 18.8 Å². The van der Waals surface area contributed by atoms with Crippen molar-refractivity contribution in [2.75, 3.05) is 33.0 Å². The lowest BCUT2D eigenvalue weighted by atomic mass is 10.4. The number of rotatable bonds is 11. The molecule has 0 unspecified atom stereocenters. The van der Waals surface area contributed by atoms with Gasteiger partial charge < -0.3 is 19.5 Å². The maximum atomic E-state index is 11.3. The molecular formula is C14H26NO5Si. The number of alkyl carbamates (subject to hydrolysis) is 1. The Labute approximate surface area is 128 Å². The number of hydrogen-bond donors (Lipinski definition) is 1. The Morgan fingerprint density at radius 3 is 2.43 bits per heavy atom. The van der Waals surface area contributed by atoms with Crippen molar-refractivity contribution in [3.8, 4) is 0 Å². The van der Waals surface area contributed by atoms with Gasteiger partial charge in [0.05, 0.1) is 13.2 Å². The zero-order valence-corrected chi connectivity index (χ0v) is 14.2. The Hall–Kier alpha value is -1.34. The molecular weight excluding hydrogens is 290 g/mol. The van der Waals surface area contributed by atoms with E-state index in [1.165, 1.54) is 6.04 Å². The van der Waals surface area contributed by atoms with E-state index in [0.717, 1.165) is 6.42 Å². The van der Waals surface area contributed by atoms with Crippen molar-refractivity contribution in [2.45, 2.75) is 32.5 Å². The van der Waals surface area contributed by atoms with Gasteiger partial charge in [0.2, 0.25) is 0 Å². The molecule has 0 aliphatic carbocycles. The normalized spacial score (nSPS) is 10.3. The number of nitrogens with one attached hydrogen (secondary N) is 1. The molecule has 0 aliphatic rings. The molecule has 0 spiro atoms. The van der Waals surface area contributed by atoms with Crippen LogP contribution in [-0.2, 0) is 19.0 Å². The highest BCUT2D eigenvalue weighted by Gasteiger charge is 2.04. The predicted octanol–water partition coefficient (Wildman–Crippen LogP) is 1.99. The molecule has 1 N–H and O–H groups in total. The lowest BCUT2D eigenvalue weighted by Gasteiger charge is -2.08. The number of carbonyl (C=O) groups excluding carboxylic acids is 2. The minimum absolute atomic E-state index is 0.0926. The number of ether oxygens (including phenoxy) is 3. The van der Waals surface area contributed by atoms with Gasteiger partial charge in [0.15, 0.2) is 0 Å². The van der Waals surface area contributed by atoms with Crippen LogP contribution in [0.2, 0.25) is 19.1 Å². The third-order valence-corrected chi connectivity index (χ3v) is 3.73. The van der Waals surface area contributed by atoms with Gasteiger partial charge in [0, 0.05) is 21.0 Å². The number of carbonyl (C=O) groups is 2. The van der Waals surface area contributed by atoms with E-state index in [9.17, 15) is 9.59 Å². The van der Waals surface area contributed by atoms with Gasteiger partial charge in [-0.15, -0.1) is 0 Å². The first-order chi connectivity index (χ1) is 9.93. The van der Waals surface area contributed by atoms with Crippen LogP contribution >= 0.6 is 0 Å². The van der Waals surface area contributed by atoms with Crippen LogP contribution in [0.25, 0.3) is 0 Å². The second-order valence-electron chi connectivity index (χ2n) is 4.90. The molecule has 6 nitrogen and oxygen atoms in total. The molecule has 7 heteroatoms. The fraction of sp³-hybridized carbons (Fsp3) is 0.714. The van der Waals surface area contributed by atoms with Gasteiger partial charge in [-0.25, -0.2) is 9.59 Å². The summed E-state index contributed by atoms with van der Waals surface area (Å²) in [4.78, 5) is 22.3. The molecule has 0 saturated heterocycles. The second kappa shape index (κ2) is 12.4. The fourth-order valence-electron chi connectivity index (χ4n) is 1.29. The molecule has 0 heterocycles. The highest BCUT2D eigenvalue weighted by Crippen LogP contribution is 1.97. The van der Waals surface area contributed by atoms with E-state index in [4.69, 9.17) is 14.2 Å². The van der Waals surface area contributed by atoms with E-state index >= 15 is 0 Å². The number of amides is 1. The standard InChI is InChI=1S/C14H26NO5Si/c1-12(2)13(16)19-8-6-15-14(17)20-10-9-18-7-5-11-21(3)4/h1,5-11H2,2-4H3,(H,15,17). The maximum absolute atomic E-state index is 11.3. The van der Waals surface area contributed by atoms with Gasteiger partial charge in [0.1, 0.15) is 13.2 Å². The van der Waals surface area contributed by atoms with Crippen LogP contribution in [0.4, 0.5) is 4.79 Å². The van der Waals surface area contributed by atoms with Gasteiger partial charge in [-0.05, 0) is 13.3 Å². The van der Waals surface area contributed by atoms with Crippen LogP contribution in [0.5, 0.6) is 0 Å². The van der Waals surface area contributed by atoms with Crippen LogP contribution in [0, 0.1) is 0 Å². The average Bonchev–Trinajstić information content (AvgIpc) is 2.41. The summed E-state index contributed by atoms with van der Waals surface area (Å²) >= 11 is 0. The molecule has 0 atom stereocenters. The topological polar surface area (TPSA) is 73.9 Å². The molecule has 0 aliphatic heterocycles. The summed E-state index contributed by atoms with van der Waals surface area (Å²) in [5.41, 5.74) is 0.328. The van der Waals surface area contributed by atoms with Crippen LogP contribution in [0.3, 0.4) is 0 Å². The van der Waals surface area contributed by atoms with Crippen LogP contribution in [0.15, 0.2) is 12.2 Å². The molecule has 0 aromatic carbocycles. The van der Waals surface area contributed by atoms with E-state index in [1.54, 1.807) is 6.92 Å². The first-order valence-electron chi connectivity index (χ1n) is 7.03. The molecule has 121 valence electrons. The van der Waals surface area contributed by atoms with Gasteiger partial charge in [-0.1, -0.05) is 25.7 Å². The highest BCUT2D eigenvalue weighted by molar-refractivity contribution is 6.55. The van der Waals surface area contributed by atoms with Gasteiger partial charge >= 0.3 is 12.1 Å². The smallest absolute Gasteiger partial charge is 0.407 e. The van der Waals surface area contributed by atoms with E-state index in [-0.39, 0.29) is 28.6 Å². The van der Waals surface area contributed by atoms with Gasteiger partial charge in [-0.2, -0.15) is 0 Å². The molecule has 1 amide bonds. The first kappa shape index (κ1) is 19.7. The number of hydrogen-bond acceptors (Lipinski definition) is 5. The second-order valence-corrected chi connectivity index (χ2v) is 7.82. The van der Waals surface area contributed by atoms with Crippen molar-refractivity contribution in [3.63, 3.8) is 0 Å². The van der Waals surface area contributed by atoms with E-state index in [2.05, 4.69) is 25.0 Å². The van der Waals surface area contributed by atoms with Crippen molar-refractivity contribution >= 4 is 20.9 Å². The molecule has 0 aromatic heterocycles. The average molecular weight is 316 g/mol. The Kier molecular flexibility index (Phi) is 11.6. The molecule has 0 rings (SSSR count). The summed E-state index contributed by atoms with van der Waals surface area (Å²) in [5.74, 6) is -0.470. The lowest BCUT2D eigenvalue weighted by molar-refractivity contribution is -0.138. The van der Waals surface area contributed by atoms with Gasteiger partial charge in [0.25, 0.3) is 0 Å². The Balaban J connectivity index is 3.35. The summed E-state index contributed by atoms with van der Waals surface area (Å²) in [7, 11) is -0.181. The van der Waals surface area contributed by atoms with Crippen LogP contribution < -0.4 is 5.32 Å². The molecule has 0 fully saturated rings. The zero-order valence-electron chi connectivity index (χ0n) is 13.2. The maximum Gasteiger partial charge on any atom is 0.407 e. The van der Waals surface area contributed by atoms with Crippen molar-refractivity contribution in [2.24, 2.45) is 0 Å². The van der Waals surface area contributed by atoms with Crippen LogP contribution in [-0.4, -0.2) is 53.8 Å². The summed E-state index contributed by atoms with van der Waals surface area (Å²) < 4.78 is 15.1. The quantitative estimate of drug-likeness (QED) is 0.273. The molecule has 0 aromatic rings. The Bertz CT molecular complexity index is 333. The SMILES string of the molecule is C=C(C)C(=O)OCCNC(=O)OCCOCCC[Si](C)C. The van der Waals surface area contributed by atoms with Crippen LogP contribution in [0.1, 0.15) is 13.3 Å². The van der Waals surface area contributed by atoms with Gasteiger partial charge in [-0.3, -0.25) is 0 Å². The molecule has 1 radical (unpaired) electrons. The Morgan fingerprint density at radius 1 is 1.10 bits per heavy atom. The lowest BCUT2D eigenvalue weighted by Crippen LogP contribution is -2.29. The van der Waals surface area contributed by atoms with Crippen molar-refractivity contribution in [3.05, 3.63) is 12.2 Å². The molecule has 21 heavy (non-hydrogen) atoms. The Morgan fingerprint density at radius 2 is 1.81 bits per heavy atom. The number of esters is 1. The highest BCUT2D eigenvalue weighted by atomic mass is 28.3. The van der Waals surface area contributed by atoms with Crippen molar-refractivity contribution in [1.82, 2.24) is 5.32 Å².